The Bertz CT molecular complexity index is 1080. The summed E-state index contributed by atoms with van der Waals surface area (Å²) in [6.45, 7) is 15.7. The first kappa shape index (κ1) is 35.4. The zero-order valence-corrected chi connectivity index (χ0v) is 24.9. The van der Waals surface area contributed by atoms with Crippen molar-refractivity contribution in [3.05, 3.63) is 89.5 Å². The van der Waals surface area contributed by atoms with Gasteiger partial charge in [0.25, 0.3) is 0 Å². The van der Waals surface area contributed by atoms with Gasteiger partial charge in [0, 0.05) is 34.7 Å². The molecule has 2 aromatic rings. The number of nitrogens with one attached hydrogen (secondary N) is 2. The van der Waals surface area contributed by atoms with Crippen LogP contribution in [0.5, 0.6) is 0 Å². The summed E-state index contributed by atoms with van der Waals surface area (Å²) in [6, 6.07) is 17.7. The zero-order valence-electron chi connectivity index (χ0n) is 24.1. The van der Waals surface area contributed by atoms with E-state index >= 15 is 0 Å². The van der Waals surface area contributed by atoms with Crippen LogP contribution in [0, 0.1) is 0 Å². The van der Waals surface area contributed by atoms with Crippen molar-refractivity contribution in [2.24, 2.45) is 4.99 Å². The minimum absolute atomic E-state index is 0.123. The highest BCUT2D eigenvalue weighted by Crippen LogP contribution is 2.29. The average Bonchev–Trinajstić information content (AvgIpc) is 3.13. The normalized spacial score (nSPS) is 10.9. The highest BCUT2D eigenvalue weighted by molar-refractivity contribution is 8.02. The number of esters is 1. The Morgan fingerprint density at radius 2 is 1.56 bits per heavy atom. The molecule has 2 aromatic carbocycles. The van der Waals surface area contributed by atoms with E-state index in [0.717, 1.165) is 17.7 Å². The van der Waals surface area contributed by atoms with Crippen LogP contribution in [0.25, 0.3) is 0 Å². The second-order valence-corrected chi connectivity index (χ2v) is 8.60. The van der Waals surface area contributed by atoms with Crippen LogP contribution in [0.2, 0.25) is 0 Å². The molecule has 1 aliphatic rings. The van der Waals surface area contributed by atoms with Gasteiger partial charge in [-0.1, -0.05) is 94.1 Å². The number of rotatable bonds is 7. The fourth-order valence-electron chi connectivity index (χ4n) is 2.87. The Morgan fingerprint density at radius 3 is 2.13 bits per heavy atom. The number of thioether (sulfide) groups is 1. The lowest BCUT2D eigenvalue weighted by Crippen LogP contribution is -2.42. The van der Waals surface area contributed by atoms with Crippen molar-refractivity contribution in [1.29, 1.82) is 0 Å². The van der Waals surface area contributed by atoms with Crippen LogP contribution in [0.1, 0.15) is 71.9 Å². The van der Waals surface area contributed by atoms with Gasteiger partial charge in [-0.2, -0.15) is 0 Å². The van der Waals surface area contributed by atoms with Crippen LogP contribution >= 0.6 is 11.8 Å². The van der Waals surface area contributed by atoms with E-state index in [0.29, 0.717) is 13.0 Å². The number of allylic oxidation sites excluding steroid dienone is 1. The summed E-state index contributed by atoms with van der Waals surface area (Å²) in [5.74, 6) is -0.650. The summed E-state index contributed by atoms with van der Waals surface area (Å²) in [5.41, 5.74) is 9.08. The van der Waals surface area contributed by atoms with E-state index in [4.69, 9.17) is 0 Å². The molecular formula is C31H43N3O4S. The maximum atomic E-state index is 11.4. The number of carbonyl (C=O) groups excluding carboxylic acids is 3. The fraction of sp³-hybridized carbons (Fsp3) is 0.355. The van der Waals surface area contributed by atoms with Gasteiger partial charge in [-0.05, 0) is 37.3 Å². The summed E-state index contributed by atoms with van der Waals surface area (Å²) in [5, 5.41) is 2.15. The van der Waals surface area contributed by atoms with Gasteiger partial charge in [0.2, 0.25) is 11.8 Å². The quantitative estimate of drug-likeness (QED) is 0.224. The molecule has 0 saturated heterocycles. The molecule has 1 heterocycles. The third-order valence-corrected chi connectivity index (χ3v) is 5.74. The number of carbonyl (C=O) groups is 3. The topological polar surface area (TPSA) is 96.9 Å². The molecule has 0 saturated carbocycles. The maximum absolute atomic E-state index is 11.4. The Morgan fingerprint density at radius 1 is 0.949 bits per heavy atom. The highest BCUT2D eigenvalue weighted by atomic mass is 32.2. The number of ether oxygens (including phenoxy) is 1. The van der Waals surface area contributed by atoms with Crippen LogP contribution in [0.15, 0.2) is 88.2 Å². The first-order chi connectivity index (χ1) is 18.8. The molecule has 212 valence electrons. The maximum Gasteiger partial charge on any atom is 0.305 e. The lowest BCUT2D eigenvalue weighted by molar-refractivity contribution is -0.142. The molecule has 39 heavy (non-hydrogen) atoms. The molecule has 0 bridgehead atoms. The molecule has 2 N–H and O–H groups in total. The predicted molar refractivity (Wildman–Crippen MR) is 162 cm³/mol. The van der Waals surface area contributed by atoms with Crippen molar-refractivity contribution in [3.63, 3.8) is 0 Å². The molecule has 0 radical (unpaired) electrons. The number of amides is 2. The van der Waals surface area contributed by atoms with Crippen molar-refractivity contribution in [2.45, 2.75) is 72.1 Å². The van der Waals surface area contributed by atoms with E-state index in [1.807, 2.05) is 44.2 Å². The van der Waals surface area contributed by atoms with Gasteiger partial charge in [0.1, 0.15) is 0 Å². The van der Waals surface area contributed by atoms with Gasteiger partial charge >= 0.3 is 5.97 Å². The largest absolute Gasteiger partial charge is 0.466 e. The third kappa shape index (κ3) is 16.0. The Balaban J connectivity index is 0.000000574. The standard InChI is InChI=1S/C12H14N2O2.C12H13NS.C5H10O2.C2H6/c1-2-6-11(15)13-14-12(16)9-10-7-4-3-5-8-10;1-3-10-8-14-12-7-5-4-6-11(12)9(2)13-10;1-3-5(6)7-4-2;1-2/h2-5,7-8H,1,6,9H2,(H,13,15)(H,14,16);4-8H,3H2,1-2H3;3-4H2,1-2H3;1-2H3. The van der Waals surface area contributed by atoms with Gasteiger partial charge < -0.3 is 4.74 Å². The van der Waals surface area contributed by atoms with Crippen molar-refractivity contribution in [1.82, 2.24) is 10.9 Å². The van der Waals surface area contributed by atoms with Gasteiger partial charge in [0.15, 0.2) is 0 Å². The highest BCUT2D eigenvalue weighted by Gasteiger charge is 2.08. The zero-order chi connectivity index (χ0) is 29.5. The van der Waals surface area contributed by atoms with E-state index in [9.17, 15) is 14.4 Å². The molecule has 3 rings (SSSR count). The van der Waals surface area contributed by atoms with E-state index in [1.54, 1.807) is 25.6 Å². The van der Waals surface area contributed by atoms with Crippen LogP contribution in [-0.4, -0.2) is 30.1 Å². The molecule has 0 fully saturated rings. The fourth-order valence-corrected chi connectivity index (χ4v) is 3.86. The predicted octanol–water partition coefficient (Wildman–Crippen LogP) is 6.79. The lowest BCUT2D eigenvalue weighted by Gasteiger charge is -2.05. The van der Waals surface area contributed by atoms with E-state index < -0.39 is 0 Å². The number of benzene rings is 2. The molecule has 0 spiro atoms. The van der Waals surface area contributed by atoms with Crippen molar-refractivity contribution >= 4 is 35.3 Å². The molecular weight excluding hydrogens is 510 g/mol. The molecule has 0 aromatic heterocycles. The van der Waals surface area contributed by atoms with Crippen molar-refractivity contribution < 1.29 is 19.1 Å². The summed E-state index contributed by atoms with van der Waals surface area (Å²) >= 11 is 1.77. The second-order valence-electron chi connectivity index (χ2n) is 7.68. The first-order valence-corrected chi connectivity index (χ1v) is 14.1. The molecule has 8 heteroatoms. The van der Waals surface area contributed by atoms with Gasteiger partial charge in [-0.3, -0.25) is 30.2 Å². The molecule has 0 atom stereocenters. The summed E-state index contributed by atoms with van der Waals surface area (Å²) in [7, 11) is 0. The van der Waals surface area contributed by atoms with Crippen molar-refractivity contribution in [3.8, 4) is 0 Å². The van der Waals surface area contributed by atoms with Crippen LogP contribution in [-0.2, 0) is 25.5 Å². The second kappa shape index (κ2) is 22.3. The third-order valence-electron chi connectivity index (χ3n) is 4.74. The van der Waals surface area contributed by atoms with Gasteiger partial charge in [0.05, 0.1) is 13.0 Å². The number of fused-ring (bicyclic) bond motifs is 1. The van der Waals surface area contributed by atoms with Crippen LogP contribution in [0.4, 0.5) is 0 Å². The number of hydrazine groups is 1. The Hall–Kier alpha value is -3.65. The van der Waals surface area contributed by atoms with Gasteiger partial charge in [-0.25, -0.2) is 0 Å². The number of nitrogens with zero attached hydrogens (tertiary/aromatic N) is 1. The average molecular weight is 554 g/mol. The molecule has 0 unspecified atom stereocenters. The van der Waals surface area contributed by atoms with Crippen molar-refractivity contribution in [2.75, 3.05) is 6.61 Å². The minimum Gasteiger partial charge on any atom is -0.466 e. The summed E-state index contributed by atoms with van der Waals surface area (Å²) in [6.07, 6.45) is 3.38. The molecule has 0 aliphatic carbocycles. The van der Waals surface area contributed by atoms with Crippen LogP contribution in [0.3, 0.4) is 0 Å². The van der Waals surface area contributed by atoms with E-state index in [2.05, 4.69) is 70.7 Å². The monoisotopic (exact) mass is 553 g/mol. The van der Waals surface area contributed by atoms with Crippen LogP contribution < -0.4 is 10.9 Å². The minimum atomic E-state index is -0.281. The number of hydrogen-bond donors (Lipinski definition) is 2. The Labute approximate surface area is 238 Å². The van der Waals surface area contributed by atoms with E-state index in [1.165, 1.54) is 22.2 Å². The lowest BCUT2D eigenvalue weighted by atomic mass is 10.1. The summed E-state index contributed by atoms with van der Waals surface area (Å²) < 4.78 is 4.55. The SMILES string of the molecule is C=CCC(=O)NNC(=O)Cc1ccccc1.CC.CCC1=CSc2ccccc2C(C)=N1.CCOC(=O)CC. The molecule has 2 amide bonds. The number of aliphatic imine (C=N–C) groups is 1. The smallest absolute Gasteiger partial charge is 0.305 e. The molecule has 1 aliphatic heterocycles. The van der Waals surface area contributed by atoms with E-state index in [-0.39, 0.29) is 30.6 Å². The Kier molecular flexibility index (Phi) is 20.3. The number of hydrogen-bond acceptors (Lipinski definition) is 6. The van der Waals surface area contributed by atoms with Gasteiger partial charge in [-0.15, -0.1) is 6.58 Å². The molecule has 7 nitrogen and oxygen atoms in total. The first-order valence-electron chi connectivity index (χ1n) is 13.2. The summed E-state index contributed by atoms with van der Waals surface area (Å²) in [4.78, 5) is 38.5.